The summed E-state index contributed by atoms with van der Waals surface area (Å²) >= 11 is 3.50. The van der Waals surface area contributed by atoms with Crippen molar-refractivity contribution in [2.75, 3.05) is 6.61 Å². The minimum Gasteiger partial charge on any atom is -0.385 e. The Labute approximate surface area is 115 Å². The van der Waals surface area contributed by atoms with Crippen LogP contribution in [0.4, 0.5) is 0 Å². The summed E-state index contributed by atoms with van der Waals surface area (Å²) < 4.78 is 6.25. The highest BCUT2D eigenvalue weighted by atomic mass is 79.9. The van der Waals surface area contributed by atoms with Crippen LogP contribution >= 0.6 is 15.9 Å². The number of halogens is 1. The molecule has 0 fully saturated rings. The van der Waals surface area contributed by atoms with Crippen LogP contribution < -0.4 is 5.73 Å². The average molecular weight is 313 g/mol. The first kappa shape index (κ1) is 13.5. The molecule has 1 heterocycles. The lowest BCUT2D eigenvalue weighted by Gasteiger charge is -2.36. The molecular formula is C13H17BrN2O2. The van der Waals surface area contributed by atoms with Crippen molar-refractivity contribution >= 4 is 21.8 Å². The van der Waals surface area contributed by atoms with Crippen LogP contribution in [0.2, 0.25) is 0 Å². The second-order valence-electron chi connectivity index (χ2n) is 4.83. The van der Waals surface area contributed by atoms with Crippen molar-refractivity contribution in [1.82, 2.24) is 0 Å². The number of hydrogen-bond acceptors (Lipinski definition) is 4. The molecule has 0 bridgehead atoms. The standard InChI is InChI=1S/C13H17BrN2O2/c1-7-4-8(2)10(14)5-9(7)13(3)12(17)18-6-11(15)16-13/h4-5,12,17H,6H2,1-3H3,(H2,15,16). The van der Waals surface area contributed by atoms with Crippen LogP contribution in [0.25, 0.3) is 0 Å². The number of aliphatic hydroxyl groups is 1. The molecule has 0 saturated carbocycles. The van der Waals surface area contributed by atoms with Crippen LogP contribution in [-0.4, -0.2) is 23.8 Å². The highest BCUT2D eigenvalue weighted by molar-refractivity contribution is 9.10. The summed E-state index contributed by atoms with van der Waals surface area (Å²) in [5.74, 6) is 0.402. The molecule has 18 heavy (non-hydrogen) atoms. The third-order valence-corrected chi connectivity index (χ3v) is 4.15. The molecule has 0 radical (unpaired) electrons. The van der Waals surface area contributed by atoms with Gasteiger partial charge < -0.3 is 15.6 Å². The Bertz CT molecular complexity index is 516. The SMILES string of the molecule is Cc1cc(C)c(C2(C)N=C(N)COC2O)cc1Br. The van der Waals surface area contributed by atoms with Crippen LogP contribution in [-0.2, 0) is 10.3 Å². The minimum atomic E-state index is -0.988. The lowest BCUT2D eigenvalue weighted by Crippen LogP contribution is -2.45. The van der Waals surface area contributed by atoms with Crippen LogP contribution in [0.15, 0.2) is 21.6 Å². The Balaban J connectivity index is 2.59. The van der Waals surface area contributed by atoms with Crippen molar-refractivity contribution < 1.29 is 9.84 Å². The van der Waals surface area contributed by atoms with Gasteiger partial charge in [-0.1, -0.05) is 22.0 Å². The van der Waals surface area contributed by atoms with Gasteiger partial charge in [-0.3, -0.25) is 4.99 Å². The Hall–Kier alpha value is -0.910. The molecule has 1 aromatic carbocycles. The summed E-state index contributed by atoms with van der Waals surface area (Å²) in [4.78, 5) is 4.40. The number of hydrogen-bond donors (Lipinski definition) is 2. The normalized spacial score (nSPS) is 28.1. The Kier molecular flexibility index (Phi) is 3.49. The van der Waals surface area contributed by atoms with E-state index in [2.05, 4.69) is 27.0 Å². The maximum Gasteiger partial charge on any atom is 0.184 e. The van der Waals surface area contributed by atoms with Crippen molar-refractivity contribution in [3.05, 3.63) is 33.3 Å². The van der Waals surface area contributed by atoms with Gasteiger partial charge in [-0.25, -0.2) is 0 Å². The minimum absolute atomic E-state index is 0.169. The Morgan fingerprint density at radius 2 is 2.11 bits per heavy atom. The van der Waals surface area contributed by atoms with Gasteiger partial charge in [-0.2, -0.15) is 0 Å². The van der Waals surface area contributed by atoms with Crippen LogP contribution in [0.1, 0.15) is 23.6 Å². The van der Waals surface area contributed by atoms with Gasteiger partial charge in [-0.15, -0.1) is 0 Å². The number of benzene rings is 1. The van der Waals surface area contributed by atoms with Gasteiger partial charge in [-0.05, 0) is 43.5 Å². The van der Waals surface area contributed by atoms with E-state index in [-0.39, 0.29) is 6.61 Å². The molecule has 2 rings (SSSR count). The molecule has 5 heteroatoms. The first-order chi connectivity index (χ1) is 8.34. The van der Waals surface area contributed by atoms with Crippen molar-refractivity contribution in [2.24, 2.45) is 10.7 Å². The third-order valence-electron chi connectivity index (χ3n) is 3.30. The van der Waals surface area contributed by atoms with E-state index >= 15 is 0 Å². The summed E-state index contributed by atoms with van der Waals surface area (Å²) in [7, 11) is 0. The van der Waals surface area contributed by atoms with Crippen LogP contribution in [0.5, 0.6) is 0 Å². The molecule has 2 atom stereocenters. The first-order valence-electron chi connectivity index (χ1n) is 5.75. The van der Waals surface area contributed by atoms with Gasteiger partial charge in [0.05, 0.1) is 0 Å². The highest BCUT2D eigenvalue weighted by Gasteiger charge is 2.40. The number of amidine groups is 1. The molecule has 0 saturated heterocycles. The van der Waals surface area contributed by atoms with E-state index in [0.717, 1.165) is 21.2 Å². The van der Waals surface area contributed by atoms with Crippen LogP contribution in [0, 0.1) is 13.8 Å². The predicted molar refractivity (Wildman–Crippen MR) is 74.5 cm³/mol. The Morgan fingerprint density at radius 1 is 1.44 bits per heavy atom. The van der Waals surface area contributed by atoms with E-state index < -0.39 is 11.8 Å². The predicted octanol–water partition coefficient (Wildman–Crippen LogP) is 1.99. The monoisotopic (exact) mass is 312 g/mol. The largest absolute Gasteiger partial charge is 0.385 e. The van der Waals surface area contributed by atoms with Gasteiger partial charge in [0.25, 0.3) is 0 Å². The van der Waals surface area contributed by atoms with E-state index in [1.165, 1.54) is 0 Å². The molecule has 3 N–H and O–H groups in total. The molecule has 98 valence electrons. The van der Waals surface area contributed by atoms with E-state index in [4.69, 9.17) is 10.5 Å². The number of rotatable bonds is 1. The summed E-state index contributed by atoms with van der Waals surface area (Å²) in [6.45, 7) is 6.01. The lowest BCUT2D eigenvalue weighted by molar-refractivity contribution is -0.137. The van der Waals surface area contributed by atoms with Crippen molar-refractivity contribution in [3.63, 3.8) is 0 Å². The summed E-state index contributed by atoms with van der Waals surface area (Å²) in [6, 6.07) is 4.02. The molecular weight excluding hydrogens is 296 g/mol. The second kappa shape index (κ2) is 4.64. The molecule has 1 aliphatic heterocycles. The average Bonchev–Trinajstić information content (AvgIpc) is 2.29. The second-order valence-corrected chi connectivity index (χ2v) is 5.68. The fourth-order valence-electron chi connectivity index (χ4n) is 2.28. The van der Waals surface area contributed by atoms with E-state index in [9.17, 15) is 5.11 Å². The highest BCUT2D eigenvalue weighted by Crippen LogP contribution is 2.36. The number of nitrogens with zero attached hydrogens (tertiary/aromatic N) is 1. The summed E-state index contributed by atoms with van der Waals surface area (Å²) in [5, 5.41) is 10.1. The van der Waals surface area contributed by atoms with Crippen molar-refractivity contribution in [3.8, 4) is 0 Å². The third kappa shape index (κ3) is 2.18. The van der Waals surface area contributed by atoms with E-state index in [0.29, 0.717) is 5.84 Å². The first-order valence-corrected chi connectivity index (χ1v) is 6.55. The smallest absolute Gasteiger partial charge is 0.184 e. The molecule has 0 amide bonds. The van der Waals surface area contributed by atoms with E-state index in [1.807, 2.05) is 26.8 Å². The maximum atomic E-state index is 10.1. The van der Waals surface area contributed by atoms with Gasteiger partial charge in [0.1, 0.15) is 18.0 Å². The topological polar surface area (TPSA) is 67.8 Å². The fourth-order valence-corrected chi connectivity index (χ4v) is 2.62. The van der Waals surface area contributed by atoms with Gasteiger partial charge in [0.15, 0.2) is 6.29 Å². The van der Waals surface area contributed by atoms with E-state index in [1.54, 1.807) is 0 Å². The molecule has 0 spiro atoms. The number of ether oxygens (including phenoxy) is 1. The molecule has 0 aliphatic carbocycles. The quantitative estimate of drug-likeness (QED) is 0.833. The number of nitrogens with two attached hydrogens (primary N) is 1. The zero-order valence-electron chi connectivity index (χ0n) is 10.7. The zero-order valence-corrected chi connectivity index (χ0v) is 12.3. The van der Waals surface area contributed by atoms with Gasteiger partial charge in [0, 0.05) is 4.47 Å². The number of aliphatic imine (C=N–C) groups is 1. The summed E-state index contributed by atoms with van der Waals surface area (Å²) in [6.07, 6.45) is -0.988. The zero-order chi connectivity index (χ0) is 13.5. The molecule has 2 unspecified atom stereocenters. The lowest BCUT2D eigenvalue weighted by atomic mass is 9.87. The van der Waals surface area contributed by atoms with Gasteiger partial charge >= 0.3 is 0 Å². The maximum absolute atomic E-state index is 10.1. The molecule has 0 aromatic heterocycles. The van der Waals surface area contributed by atoms with Crippen LogP contribution in [0.3, 0.4) is 0 Å². The molecule has 1 aliphatic rings. The number of aryl methyl sites for hydroxylation is 2. The van der Waals surface area contributed by atoms with Crippen molar-refractivity contribution in [2.45, 2.75) is 32.6 Å². The molecule has 4 nitrogen and oxygen atoms in total. The molecule has 1 aromatic rings. The number of aliphatic hydroxyl groups excluding tert-OH is 1. The van der Waals surface area contributed by atoms with Gasteiger partial charge in [0.2, 0.25) is 0 Å². The fraction of sp³-hybridized carbons (Fsp3) is 0.462. The Morgan fingerprint density at radius 3 is 2.78 bits per heavy atom. The van der Waals surface area contributed by atoms with Crippen molar-refractivity contribution in [1.29, 1.82) is 0 Å². The summed E-state index contributed by atoms with van der Waals surface area (Å²) in [5.41, 5.74) is 7.98.